The van der Waals surface area contributed by atoms with E-state index in [9.17, 15) is 31.1 Å². The quantitative estimate of drug-likeness (QED) is 0.301. The largest absolute Gasteiger partial charge is 0.478 e. The van der Waals surface area contributed by atoms with Crippen molar-refractivity contribution in [1.29, 1.82) is 0 Å². The van der Waals surface area contributed by atoms with E-state index in [0.29, 0.717) is 49.7 Å². The zero-order valence-electron chi connectivity index (χ0n) is 18.3. The van der Waals surface area contributed by atoms with Gasteiger partial charge in [0, 0.05) is 18.7 Å². The lowest BCUT2D eigenvalue weighted by Gasteiger charge is -2.26. The molecule has 13 heteroatoms. The minimum atomic E-state index is -4.98. The number of halogens is 6. The highest BCUT2D eigenvalue weighted by molar-refractivity contribution is 8.26. The fourth-order valence-electron chi connectivity index (χ4n) is 3.55. The summed E-state index contributed by atoms with van der Waals surface area (Å²) in [7, 11) is 0. The van der Waals surface area contributed by atoms with Gasteiger partial charge in [0.25, 0.3) is 5.91 Å². The van der Waals surface area contributed by atoms with E-state index in [4.69, 9.17) is 21.7 Å². The Morgan fingerprint density at radius 2 is 1.64 bits per heavy atom. The van der Waals surface area contributed by atoms with Gasteiger partial charge in [0.1, 0.15) is 16.8 Å². The first kappa shape index (κ1) is 26.5. The Morgan fingerprint density at radius 3 is 2.19 bits per heavy atom. The fourth-order valence-corrected chi connectivity index (χ4v) is 4.58. The molecule has 36 heavy (non-hydrogen) atoms. The molecule has 1 N–H and O–H groups in total. The van der Waals surface area contributed by atoms with Gasteiger partial charge in [0.05, 0.1) is 29.2 Å². The van der Waals surface area contributed by atoms with Crippen LogP contribution in [0.25, 0.3) is 17.2 Å². The van der Waals surface area contributed by atoms with Crippen LogP contribution in [0.1, 0.15) is 16.7 Å². The maximum atomic E-state index is 13.4. The Hall–Kier alpha value is -2.61. The number of amides is 1. The lowest BCUT2D eigenvalue weighted by molar-refractivity contribution is -0.143. The second kappa shape index (κ2) is 10.4. The van der Waals surface area contributed by atoms with Crippen LogP contribution >= 0.6 is 24.0 Å². The first-order valence-electron chi connectivity index (χ1n) is 10.5. The predicted molar refractivity (Wildman–Crippen MR) is 126 cm³/mol. The van der Waals surface area contributed by atoms with Crippen LogP contribution in [0, 0.1) is 0 Å². The zero-order valence-corrected chi connectivity index (χ0v) is 20.0. The molecule has 0 aromatic heterocycles. The molecule has 2 heterocycles. The van der Waals surface area contributed by atoms with Crippen molar-refractivity contribution >= 4 is 40.3 Å². The smallest absolute Gasteiger partial charge is 0.416 e. The first-order valence-corrected chi connectivity index (χ1v) is 11.7. The van der Waals surface area contributed by atoms with E-state index >= 15 is 0 Å². The van der Waals surface area contributed by atoms with Crippen molar-refractivity contribution in [3.8, 4) is 16.9 Å². The SMILES string of the molecule is O=C1NC(=S)SC1=Cc1cc(-c2cc(C(F)(F)F)cc(C(F)(F)F)c2)ccc1OCN1CCOCC1. The molecule has 192 valence electrons. The molecule has 2 aromatic carbocycles. The second-order valence-electron chi connectivity index (χ2n) is 7.90. The Morgan fingerprint density at radius 1 is 1.00 bits per heavy atom. The molecule has 2 saturated heterocycles. The molecule has 0 atom stereocenters. The maximum Gasteiger partial charge on any atom is 0.416 e. The van der Waals surface area contributed by atoms with Crippen molar-refractivity contribution in [2.24, 2.45) is 0 Å². The van der Waals surface area contributed by atoms with Crippen LogP contribution in [0.2, 0.25) is 0 Å². The number of hydrogen-bond donors (Lipinski definition) is 1. The van der Waals surface area contributed by atoms with Crippen LogP contribution < -0.4 is 10.1 Å². The molecule has 2 aliphatic heterocycles. The Labute approximate surface area is 211 Å². The number of benzene rings is 2. The van der Waals surface area contributed by atoms with Gasteiger partial charge in [-0.2, -0.15) is 26.3 Å². The topological polar surface area (TPSA) is 50.8 Å². The third-order valence-electron chi connectivity index (χ3n) is 5.37. The van der Waals surface area contributed by atoms with Gasteiger partial charge in [0.2, 0.25) is 0 Å². The number of thiocarbonyl (C=S) groups is 1. The van der Waals surface area contributed by atoms with Crippen LogP contribution in [0.3, 0.4) is 0 Å². The van der Waals surface area contributed by atoms with Gasteiger partial charge in [-0.05, 0) is 47.5 Å². The van der Waals surface area contributed by atoms with Crippen molar-refractivity contribution < 1.29 is 40.6 Å². The fraction of sp³-hybridized carbons (Fsp3) is 0.304. The number of nitrogens with one attached hydrogen (secondary N) is 1. The van der Waals surface area contributed by atoms with E-state index in [1.165, 1.54) is 24.3 Å². The number of hydrogen-bond acceptors (Lipinski definition) is 6. The first-order chi connectivity index (χ1) is 16.9. The summed E-state index contributed by atoms with van der Waals surface area (Å²) < 4.78 is 91.5. The standard InChI is InChI=1S/C23H18F6N2O3S2/c24-22(25,26)16-8-14(9-17(11-16)23(27,28)29)13-1-2-18(34-12-31-3-5-33-6-4-31)15(7-13)10-19-20(32)30-21(35)36-19/h1-2,7-11H,3-6,12H2,(H,30,32,35). The molecule has 0 bridgehead atoms. The third kappa shape index (κ3) is 6.38. The second-order valence-corrected chi connectivity index (χ2v) is 9.62. The summed E-state index contributed by atoms with van der Waals surface area (Å²) in [4.78, 5) is 14.4. The highest BCUT2D eigenvalue weighted by Crippen LogP contribution is 2.40. The molecular weight excluding hydrogens is 530 g/mol. The molecule has 4 rings (SSSR count). The molecule has 2 fully saturated rings. The summed E-state index contributed by atoms with van der Waals surface area (Å²) in [6.45, 7) is 2.50. The summed E-state index contributed by atoms with van der Waals surface area (Å²) in [6.07, 6.45) is -8.51. The van der Waals surface area contributed by atoms with Crippen molar-refractivity contribution in [2.75, 3.05) is 33.0 Å². The molecule has 0 aliphatic carbocycles. The average molecular weight is 549 g/mol. The molecule has 1 amide bonds. The van der Waals surface area contributed by atoms with Gasteiger partial charge in [-0.3, -0.25) is 9.69 Å². The van der Waals surface area contributed by atoms with E-state index in [-0.39, 0.29) is 33.1 Å². The molecule has 0 saturated carbocycles. The third-order valence-corrected chi connectivity index (χ3v) is 6.53. The van der Waals surface area contributed by atoms with Gasteiger partial charge >= 0.3 is 12.4 Å². The number of morpholine rings is 1. The number of nitrogens with zero attached hydrogens (tertiary/aromatic N) is 1. The van der Waals surface area contributed by atoms with E-state index < -0.39 is 29.4 Å². The highest BCUT2D eigenvalue weighted by Gasteiger charge is 2.37. The van der Waals surface area contributed by atoms with Crippen molar-refractivity contribution in [1.82, 2.24) is 10.2 Å². The summed E-state index contributed by atoms with van der Waals surface area (Å²) in [6, 6.07) is 5.59. The minimum absolute atomic E-state index is 0.0760. The van der Waals surface area contributed by atoms with Crippen molar-refractivity contribution in [2.45, 2.75) is 12.4 Å². The van der Waals surface area contributed by atoms with Gasteiger partial charge in [-0.15, -0.1) is 0 Å². The van der Waals surface area contributed by atoms with Gasteiger partial charge < -0.3 is 14.8 Å². The summed E-state index contributed by atoms with van der Waals surface area (Å²) in [5.41, 5.74) is -2.74. The molecule has 0 spiro atoms. The highest BCUT2D eigenvalue weighted by atomic mass is 32.2. The maximum absolute atomic E-state index is 13.4. The summed E-state index contributed by atoms with van der Waals surface area (Å²) >= 11 is 5.98. The van der Waals surface area contributed by atoms with Crippen LogP contribution in [0.15, 0.2) is 41.3 Å². The predicted octanol–water partition coefficient (Wildman–Crippen LogP) is 5.55. The number of alkyl halides is 6. The molecule has 0 unspecified atom stereocenters. The average Bonchev–Trinajstić information content (AvgIpc) is 3.13. The minimum Gasteiger partial charge on any atom is -0.478 e. The number of carbonyl (C=O) groups excluding carboxylic acids is 1. The van der Waals surface area contributed by atoms with Crippen LogP contribution in [0.5, 0.6) is 5.75 Å². The van der Waals surface area contributed by atoms with E-state index in [1.54, 1.807) is 0 Å². The van der Waals surface area contributed by atoms with E-state index in [2.05, 4.69) is 5.32 Å². The monoisotopic (exact) mass is 548 g/mol. The van der Waals surface area contributed by atoms with Crippen molar-refractivity contribution in [3.63, 3.8) is 0 Å². The Balaban J connectivity index is 1.76. The van der Waals surface area contributed by atoms with Crippen LogP contribution in [0.4, 0.5) is 26.3 Å². The molecule has 5 nitrogen and oxygen atoms in total. The normalized spacial score (nSPS) is 18.6. The van der Waals surface area contributed by atoms with E-state index in [1.807, 2.05) is 4.90 Å². The van der Waals surface area contributed by atoms with Crippen LogP contribution in [-0.4, -0.2) is 48.2 Å². The Bertz CT molecular complexity index is 1180. The van der Waals surface area contributed by atoms with Gasteiger partial charge in [0.15, 0.2) is 0 Å². The van der Waals surface area contributed by atoms with E-state index in [0.717, 1.165) is 11.8 Å². The van der Waals surface area contributed by atoms with Crippen molar-refractivity contribution in [3.05, 3.63) is 58.0 Å². The molecular formula is C23H18F6N2O3S2. The number of carbonyl (C=O) groups is 1. The zero-order chi connectivity index (χ0) is 26.1. The molecule has 2 aliphatic rings. The molecule has 0 radical (unpaired) electrons. The molecule has 2 aromatic rings. The van der Waals surface area contributed by atoms with Gasteiger partial charge in [-0.1, -0.05) is 30.0 Å². The lowest BCUT2D eigenvalue weighted by atomic mass is 9.97. The summed E-state index contributed by atoms with van der Waals surface area (Å²) in [5.74, 6) is -0.167. The number of ether oxygens (including phenoxy) is 2. The van der Waals surface area contributed by atoms with Crippen LogP contribution in [-0.2, 0) is 21.9 Å². The van der Waals surface area contributed by atoms with Gasteiger partial charge in [-0.25, -0.2) is 0 Å². The lowest BCUT2D eigenvalue weighted by Crippen LogP contribution is -2.38. The Kier molecular flexibility index (Phi) is 7.64. The number of rotatable bonds is 5. The number of thioether (sulfide) groups is 1. The summed E-state index contributed by atoms with van der Waals surface area (Å²) in [5, 5.41) is 2.46.